The van der Waals surface area contributed by atoms with Gasteiger partial charge in [0.15, 0.2) is 0 Å². The molecule has 25 heavy (non-hydrogen) atoms. The van der Waals surface area contributed by atoms with E-state index in [0.717, 1.165) is 0 Å². The molecule has 0 aromatic heterocycles. The van der Waals surface area contributed by atoms with Gasteiger partial charge in [-0.3, -0.25) is 14.8 Å². The third-order valence-corrected chi connectivity index (χ3v) is 4.10. The van der Waals surface area contributed by atoms with E-state index in [0.29, 0.717) is 21.3 Å². The van der Waals surface area contributed by atoms with Crippen LogP contribution < -0.4 is 10.8 Å². The first-order chi connectivity index (χ1) is 11.9. The number of carbonyl (C=O) groups is 2. The van der Waals surface area contributed by atoms with Gasteiger partial charge < -0.3 is 10.4 Å². The zero-order valence-corrected chi connectivity index (χ0v) is 14.5. The predicted molar refractivity (Wildman–Crippen MR) is 95.1 cm³/mol. The Kier molecular flexibility index (Phi) is 6.64. The minimum Gasteiger partial charge on any atom is -0.508 e. The first-order valence-electron chi connectivity index (χ1n) is 7.36. The third kappa shape index (κ3) is 5.63. The quantitative estimate of drug-likeness (QED) is 0.347. The average Bonchev–Trinajstić information content (AvgIpc) is 2.56. The molecule has 1 atom stereocenters. The van der Waals surface area contributed by atoms with Crippen molar-refractivity contribution in [1.29, 1.82) is 0 Å². The summed E-state index contributed by atoms with van der Waals surface area (Å²) in [4.78, 5) is 23.9. The second-order valence-electron chi connectivity index (χ2n) is 5.40. The molecular weight excluding hydrogens is 367 g/mol. The van der Waals surface area contributed by atoms with Gasteiger partial charge in [-0.2, -0.15) is 0 Å². The molecule has 1 unspecified atom stereocenters. The smallest absolute Gasteiger partial charge is 0.243 e. The van der Waals surface area contributed by atoms with Gasteiger partial charge >= 0.3 is 0 Å². The number of phenols is 1. The zero-order valence-electron chi connectivity index (χ0n) is 13.0. The van der Waals surface area contributed by atoms with Gasteiger partial charge in [-0.1, -0.05) is 29.3 Å². The fourth-order valence-corrected chi connectivity index (χ4v) is 2.94. The summed E-state index contributed by atoms with van der Waals surface area (Å²) in [5, 5.41) is 21.5. The molecule has 0 bridgehead atoms. The molecular formula is C17H16Cl2N2O4. The van der Waals surface area contributed by atoms with Crippen molar-refractivity contribution in [2.24, 2.45) is 0 Å². The van der Waals surface area contributed by atoms with Crippen molar-refractivity contribution in [3.63, 3.8) is 0 Å². The molecule has 0 heterocycles. The largest absolute Gasteiger partial charge is 0.508 e. The molecule has 2 rings (SSSR count). The van der Waals surface area contributed by atoms with E-state index in [1.54, 1.807) is 29.7 Å². The Morgan fingerprint density at radius 1 is 1.00 bits per heavy atom. The number of amides is 2. The molecule has 0 aliphatic rings. The molecule has 4 N–H and O–H groups in total. The van der Waals surface area contributed by atoms with Crippen molar-refractivity contribution >= 4 is 40.7 Å². The van der Waals surface area contributed by atoms with Crippen LogP contribution in [-0.2, 0) is 9.59 Å². The predicted octanol–water partition coefficient (Wildman–Crippen LogP) is 3.71. The monoisotopic (exact) mass is 382 g/mol. The SMILES string of the molecule is O=C(CC(CC(=O)Nc1ccc(O)cc1)c1ccc(Cl)cc1Cl)NO. The molecule has 0 spiro atoms. The van der Waals surface area contributed by atoms with Crippen LogP contribution in [0.2, 0.25) is 10.0 Å². The molecule has 2 aromatic rings. The summed E-state index contributed by atoms with van der Waals surface area (Å²) in [6.45, 7) is 0. The van der Waals surface area contributed by atoms with E-state index in [1.807, 2.05) is 0 Å². The number of halogens is 2. The van der Waals surface area contributed by atoms with Crippen LogP contribution in [0.5, 0.6) is 5.75 Å². The number of hydroxylamine groups is 1. The highest BCUT2D eigenvalue weighted by molar-refractivity contribution is 6.35. The molecule has 0 saturated heterocycles. The summed E-state index contributed by atoms with van der Waals surface area (Å²) < 4.78 is 0. The number of rotatable bonds is 6. The van der Waals surface area contributed by atoms with Gasteiger partial charge in [-0.05, 0) is 42.0 Å². The van der Waals surface area contributed by atoms with Crippen LogP contribution in [0.4, 0.5) is 5.69 Å². The van der Waals surface area contributed by atoms with Crippen LogP contribution in [0.25, 0.3) is 0 Å². The molecule has 2 amide bonds. The lowest BCUT2D eigenvalue weighted by atomic mass is 9.91. The summed E-state index contributed by atoms with van der Waals surface area (Å²) in [5.74, 6) is -1.43. The molecule has 0 aliphatic carbocycles. The zero-order chi connectivity index (χ0) is 18.4. The number of phenolic OH excluding ortho intramolecular Hbond substituents is 1. The minimum atomic E-state index is -0.631. The second kappa shape index (κ2) is 8.71. The van der Waals surface area contributed by atoms with Gasteiger partial charge in [-0.15, -0.1) is 0 Å². The van der Waals surface area contributed by atoms with Gasteiger partial charge in [-0.25, -0.2) is 5.48 Å². The highest BCUT2D eigenvalue weighted by Gasteiger charge is 2.22. The van der Waals surface area contributed by atoms with Gasteiger partial charge in [0, 0.05) is 34.5 Å². The van der Waals surface area contributed by atoms with E-state index in [2.05, 4.69) is 5.32 Å². The van der Waals surface area contributed by atoms with E-state index >= 15 is 0 Å². The molecule has 0 radical (unpaired) electrons. The van der Waals surface area contributed by atoms with Crippen molar-refractivity contribution in [2.45, 2.75) is 18.8 Å². The van der Waals surface area contributed by atoms with E-state index in [-0.39, 0.29) is 24.5 Å². The Bertz CT molecular complexity index is 766. The Balaban J connectivity index is 2.16. The Labute approximate surface area is 154 Å². The van der Waals surface area contributed by atoms with Crippen LogP contribution in [0.1, 0.15) is 24.3 Å². The van der Waals surface area contributed by atoms with Crippen molar-refractivity contribution in [3.8, 4) is 5.75 Å². The fraction of sp³-hybridized carbons (Fsp3) is 0.176. The molecule has 0 aliphatic heterocycles. The van der Waals surface area contributed by atoms with Crippen LogP contribution >= 0.6 is 23.2 Å². The fourth-order valence-electron chi connectivity index (χ4n) is 2.37. The lowest BCUT2D eigenvalue weighted by Gasteiger charge is -2.18. The molecule has 8 heteroatoms. The molecule has 0 fully saturated rings. The van der Waals surface area contributed by atoms with Gasteiger partial charge in [0.2, 0.25) is 11.8 Å². The topological polar surface area (TPSA) is 98.7 Å². The maximum Gasteiger partial charge on any atom is 0.243 e. The third-order valence-electron chi connectivity index (χ3n) is 3.54. The number of benzene rings is 2. The first-order valence-corrected chi connectivity index (χ1v) is 8.11. The van der Waals surface area contributed by atoms with Crippen LogP contribution in [-0.4, -0.2) is 22.1 Å². The number of aromatic hydroxyl groups is 1. The molecule has 132 valence electrons. The van der Waals surface area contributed by atoms with Crippen molar-refractivity contribution in [2.75, 3.05) is 5.32 Å². The van der Waals surface area contributed by atoms with Gasteiger partial charge in [0.25, 0.3) is 0 Å². The maximum absolute atomic E-state index is 12.3. The molecule has 0 saturated carbocycles. The van der Waals surface area contributed by atoms with Gasteiger partial charge in [0.1, 0.15) is 5.75 Å². The van der Waals surface area contributed by atoms with Crippen LogP contribution in [0, 0.1) is 0 Å². The number of anilines is 1. The summed E-state index contributed by atoms with van der Waals surface area (Å²) in [6.07, 6.45) is -0.156. The first kappa shape index (κ1) is 19.1. The van der Waals surface area contributed by atoms with Crippen LogP contribution in [0.3, 0.4) is 0 Å². The summed E-state index contributed by atoms with van der Waals surface area (Å²) in [6, 6.07) is 10.8. The van der Waals surface area contributed by atoms with E-state index in [9.17, 15) is 14.7 Å². The van der Waals surface area contributed by atoms with Crippen molar-refractivity contribution in [3.05, 3.63) is 58.1 Å². The number of carbonyl (C=O) groups excluding carboxylic acids is 2. The average molecular weight is 383 g/mol. The Hall–Kier alpha value is -2.28. The maximum atomic E-state index is 12.3. The summed E-state index contributed by atoms with van der Waals surface area (Å²) in [5.41, 5.74) is 2.65. The second-order valence-corrected chi connectivity index (χ2v) is 6.24. The Morgan fingerprint density at radius 2 is 1.64 bits per heavy atom. The highest BCUT2D eigenvalue weighted by Crippen LogP contribution is 2.32. The number of hydrogen-bond acceptors (Lipinski definition) is 4. The normalized spacial score (nSPS) is 11.6. The number of nitrogens with one attached hydrogen (secondary N) is 2. The Morgan fingerprint density at radius 3 is 2.24 bits per heavy atom. The standard InChI is InChI=1S/C17H16Cl2N2O4/c18-11-1-6-14(15(19)9-11)10(8-17(24)21-25)7-16(23)20-12-2-4-13(22)5-3-12/h1-6,9-10,22,25H,7-8H2,(H,20,23)(H,21,24). The highest BCUT2D eigenvalue weighted by atomic mass is 35.5. The summed E-state index contributed by atoms with van der Waals surface area (Å²) >= 11 is 12.1. The van der Waals surface area contributed by atoms with E-state index < -0.39 is 11.8 Å². The molecule has 2 aromatic carbocycles. The lowest BCUT2D eigenvalue weighted by molar-refractivity contribution is -0.129. The summed E-state index contributed by atoms with van der Waals surface area (Å²) in [7, 11) is 0. The van der Waals surface area contributed by atoms with Crippen molar-refractivity contribution < 1.29 is 19.9 Å². The number of hydrogen-bond donors (Lipinski definition) is 4. The van der Waals surface area contributed by atoms with E-state index in [4.69, 9.17) is 28.4 Å². The lowest BCUT2D eigenvalue weighted by Crippen LogP contribution is -2.24. The molecule has 6 nitrogen and oxygen atoms in total. The van der Waals surface area contributed by atoms with Crippen molar-refractivity contribution in [1.82, 2.24) is 5.48 Å². The van der Waals surface area contributed by atoms with Crippen LogP contribution in [0.15, 0.2) is 42.5 Å². The van der Waals surface area contributed by atoms with Gasteiger partial charge in [0.05, 0.1) is 0 Å². The van der Waals surface area contributed by atoms with E-state index in [1.165, 1.54) is 18.2 Å². The minimum absolute atomic E-state index is 0.0321.